The molecule has 0 aliphatic heterocycles. The maximum absolute atomic E-state index is 10.8. The van der Waals surface area contributed by atoms with Gasteiger partial charge in [-0.1, -0.05) is 12.1 Å². The van der Waals surface area contributed by atoms with Crippen molar-refractivity contribution in [3.05, 3.63) is 29.8 Å². The van der Waals surface area contributed by atoms with Gasteiger partial charge in [0, 0.05) is 0 Å². The molecule has 0 bridgehead atoms. The van der Waals surface area contributed by atoms with Crippen LogP contribution in [0.1, 0.15) is 5.56 Å². The second kappa shape index (κ2) is 2.64. The molecule has 3 nitrogen and oxygen atoms in total. The van der Waals surface area contributed by atoms with E-state index >= 15 is 0 Å². The van der Waals surface area contributed by atoms with E-state index in [9.17, 15) is 8.42 Å². The highest BCUT2D eigenvalue weighted by atomic mass is 32.2. The highest BCUT2D eigenvalue weighted by Gasteiger charge is 2.08. The Balaban J connectivity index is 3.37. The van der Waals surface area contributed by atoms with E-state index in [4.69, 9.17) is 5.14 Å². The maximum Gasteiger partial charge on any atom is 0.238 e. The first kappa shape index (κ1) is 8.23. The summed E-state index contributed by atoms with van der Waals surface area (Å²) in [5, 5.41) is 4.92. The molecule has 11 heavy (non-hydrogen) atoms. The minimum atomic E-state index is -3.55. The molecule has 0 unspecified atom stereocenters. The highest BCUT2D eigenvalue weighted by molar-refractivity contribution is 7.89. The van der Waals surface area contributed by atoms with Crippen molar-refractivity contribution in [2.24, 2.45) is 5.14 Å². The summed E-state index contributed by atoms with van der Waals surface area (Å²) in [5.41, 5.74) is 0.620. The summed E-state index contributed by atoms with van der Waals surface area (Å²) in [6, 6.07) is 7.29. The highest BCUT2D eigenvalue weighted by Crippen LogP contribution is 2.10. The third-order valence-corrected chi connectivity index (χ3v) is 2.40. The predicted molar refractivity (Wildman–Crippen MR) is 41.4 cm³/mol. The van der Waals surface area contributed by atoms with Crippen LogP contribution in [0.4, 0.5) is 0 Å². The van der Waals surface area contributed by atoms with E-state index in [-0.39, 0.29) is 4.90 Å². The molecule has 1 rings (SSSR count). The van der Waals surface area contributed by atoms with Gasteiger partial charge in [-0.25, -0.2) is 13.6 Å². The van der Waals surface area contributed by atoms with Gasteiger partial charge in [0.2, 0.25) is 10.0 Å². The lowest BCUT2D eigenvalue weighted by molar-refractivity contribution is 0.597. The lowest BCUT2D eigenvalue weighted by Gasteiger charge is -1.99. The summed E-state index contributed by atoms with van der Waals surface area (Å²) in [5.74, 6) is 0. The molecule has 0 heterocycles. The van der Waals surface area contributed by atoms with Crippen LogP contribution in [0.2, 0.25) is 0 Å². The summed E-state index contributed by atoms with van der Waals surface area (Å²) < 4.78 is 21.6. The first-order chi connectivity index (χ1) is 5.02. The van der Waals surface area contributed by atoms with Gasteiger partial charge >= 0.3 is 0 Å². The van der Waals surface area contributed by atoms with E-state index < -0.39 is 10.0 Å². The SMILES string of the molecule is Cc1c[c]ccc1S(N)(=O)=O. The molecule has 0 aliphatic rings. The molecule has 1 aromatic rings. The Morgan fingerprint density at radius 3 is 2.55 bits per heavy atom. The van der Waals surface area contributed by atoms with E-state index in [0.29, 0.717) is 5.56 Å². The Hall–Kier alpha value is -0.870. The number of sulfonamides is 1. The zero-order chi connectivity index (χ0) is 8.48. The van der Waals surface area contributed by atoms with Gasteiger partial charge in [-0.15, -0.1) is 0 Å². The minimum absolute atomic E-state index is 0.163. The second-order valence-electron chi connectivity index (χ2n) is 2.24. The van der Waals surface area contributed by atoms with Crippen molar-refractivity contribution in [3.63, 3.8) is 0 Å². The fraction of sp³-hybridized carbons (Fsp3) is 0.143. The molecule has 1 aromatic carbocycles. The van der Waals surface area contributed by atoms with E-state index in [0.717, 1.165) is 0 Å². The Kier molecular flexibility index (Phi) is 1.97. The van der Waals surface area contributed by atoms with Crippen molar-refractivity contribution >= 4 is 10.0 Å². The van der Waals surface area contributed by atoms with E-state index in [2.05, 4.69) is 6.07 Å². The standard InChI is InChI=1S/C7H8NO2S/c1-6-4-2-3-5-7(6)11(8,9)10/h3-5H,1H3,(H2,8,9,10). The first-order valence-electron chi connectivity index (χ1n) is 3.01. The topological polar surface area (TPSA) is 60.2 Å². The molecule has 0 saturated heterocycles. The van der Waals surface area contributed by atoms with Crippen LogP contribution in [0.25, 0.3) is 0 Å². The van der Waals surface area contributed by atoms with Crippen molar-refractivity contribution in [3.8, 4) is 0 Å². The van der Waals surface area contributed by atoms with Gasteiger partial charge in [0.25, 0.3) is 0 Å². The predicted octanol–water partition coefficient (Wildman–Crippen LogP) is 0.443. The number of primary sulfonamides is 1. The smallest absolute Gasteiger partial charge is 0.225 e. The van der Waals surface area contributed by atoms with Gasteiger partial charge in [-0.3, -0.25) is 0 Å². The van der Waals surface area contributed by atoms with E-state index in [1.165, 1.54) is 12.1 Å². The van der Waals surface area contributed by atoms with Crippen LogP contribution in [0.15, 0.2) is 23.1 Å². The van der Waals surface area contributed by atoms with Crippen molar-refractivity contribution in [2.75, 3.05) is 0 Å². The molecule has 4 heteroatoms. The molecule has 0 aromatic heterocycles. The normalized spacial score (nSPS) is 11.5. The summed E-state index contributed by atoms with van der Waals surface area (Å²) in [6.45, 7) is 1.68. The summed E-state index contributed by atoms with van der Waals surface area (Å²) >= 11 is 0. The van der Waals surface area contributed by atoms with Crippen LogP contribution in [-0.2, 0) is 10.0 Å². The fourth-order valence-corrected chi connectivity index (χ4v) is 1.58. The van der Waals surface area contributed by atoms with Crippen LogP contribution in [0, 0.1) is 13.0 Å². The first-order valence-corrected chi connectivity index (χ1v) is 4.56. The fourth-order valence-electron chi connectivity index (χ4n) is 0.819. The van der Waals surface area contributed by atoms with Gasteiger partial charge in [0.05, 0.1) is 4.90 Å². The minimum Gasteiger partial charge on any atom is -0.225 e. The zero-order valence-corrected chi connectivity index (χ0v) is 6.85. The van der Waals surface area contributed by atoms with Crippen molar-refractivity contribution in [1.82, 2.24) is 0 Å². The average molecular weight is 170 g/mol. The monoisotopic (exact) mass is 170 g/mol. The van der Waals surface area contributed by atoms with Crippen molar-refractivity contribution in [2.45, 2.75) is 11.8 Å². The quantitative estimate of drug-likeness (QED) is 0.665. The Morgan fingerprint density at radius 1 is 1.55 bits per heavy atom. The third kappa shape index (κ3) is 1.78. The van der Waals surface area contributed by atoms with Crippen LogP contribution < -0.4 is 5.14 Å². The van der Waals surface area contributed by atoms with Crippen LogP contribution >= 0.6 is 0 Å². The number of nitrogens with two attached hydrogens (primary N) is 1. The Morgan fingerprint density at radius 2 is 2.18 bits per heavy atom. The van der Waals surface area contributed by atoms with Gasteiger partial charge < -0.3 is 0 Å². The number of aryl methyl sites for hydroxylation is 1. The largest absolute Gasteiger partial charge is 0.238 e. The molecule has 0 spiro atoms. The molecular weight excluding hydrogens is 162 g/mol. The Labute approximate surface area is 65.9 Å². The Bertz CT molecular complexity index is 356. The zero-order valence-electron chi connectivity index (χ0n) is 6.03. The van der Waals surface area contributed by atoms with Gasteiger partial charge in [-0.05, 0) is 24.6 Å². The summed E-state index contributed by atoms with van der Waals surface area (Å²) in [4.78, 5) is 0.163. The maximum atomic E-state index is 10.8. The summed E-state index contributed by atoms with van der Waals surface area (Å²) in [6.07, 6.45) is 0. The van der Waals surface area contributed by atoms with Crippen LogP contribution in [-0.4, -0.2) is 8.42 Å². The third-order valence-electron chi connectivity index (χ3n) is 1.33. The molecule has 2 N–H and O–H groups in total. The lowest BCUT2D eigenvalue weighted by Crippen LogP contribution is -2.13. The van der Waals surface area contributed by atoms with Crippen LogP contribution in [0.3, 0.4) is 0 Å². The second-order valence-corrected chi connectivity index (χ2v) is 3.77. The van der Waals surface area contributed by atoms with E-state index in [1.54, 1.807) is 13.0 Å². The molecule has 0 amide bonds. The number of hydrogen-bond donors (Lipinski definition) is 1. The van der Waals surface area contributed by atoms with Gasteiger partial charge in [0.15, 0.2) is 0 Å². The van der Waals surface area contributed by atoms with Crippen molar-refractivity contribution in [1.29, 1.82) is 0 Å². The van der Waals surface area contributed by atoms with Crippen LogP contribution in [0.5, 0.6) is 0 Å². The molecule has 0 saturated carbocycles. The number of hydrogen-bond acceptors (Lipinski definition) is 2. The molecular formula is C7H8NO2S. The molecule has 0 atom stereocenters. The summed E-state index contributed by atoms with van der Waals surface area (Å²) in [7, 11) is -3.55. The lowest BCUT2D eigenvalue weighted by atomic mass is 10.2. The molecule has 0 fully saturated rings. The molecule has 0 aliphatic carbocycles. The van der Waals surface area contributed by atoms with E-state index in [1.807, 2.05) is 0 Å². The van der Waals surface area contributed by atoms with Crippen molar-refractivity contribution < 1.29 is 8.42 Å². The molecule has 59 valence electrons. The number of benzene rings is 1. The number of rotatable bonds is 1. The average Bonchev–Trinajstić information content (AvgIpc) is 1.86. The van der Waals surface area contributed by atoms with Gasteiger partial charge in [-0.2, -0.15) is 0 Å². The van der Waals surface area contributed by atoms with Gasteiger partial charge in [0.1, 0.15) is 0 Å². The molecule has 1 radical (unpaired) electrons.